The van der Waals surface area contributed by atoms with Crippen molar-refractivity contribution in [3.05, 3.63) is 18.0 Å². The quantitative estimate of drug-likeness (QED) is 0.804. The van der Waals surface area contributed by atoms with Crippen LogP contribution in [0.4, 0.5) is 0 Å². The van der Waals surface area contributed by atoms with Gasteiger partial charge in [-0.15, -0.1) is 0 Å². The molecule has 0 radical (unpaired) electrons. The molecule has 0 fully saturated rings. The molecule has 1 unspecified atom stereocenters. The third-order valence-electron chi connectivity index (χ3n) is 2.52. The second-order valence-electron chi connectivity index (χ2n) is 5.37. The van der Waals surface area contributed by atoms with Crippen LogP contribution in [0, 0.1) is 5.92 Å². The van der Waals surface area contributed by atoms with Crippen molar-refractivity contribution in [1.29, 1.82) is 0 Å². The molecule has 0 aliphatic heterocycles. The summed E-state index contributed by atoms with van der Waals surface area (Å²) >= 11 is 0. The predicted octanol–water partition coefficient (Wildman–Crippen LogP) is 1.36. The molecule has 102 valence electrons. The van der Waals surface area contributed by atoms with Crippen molar-refractivity contribution in [3.8, 4) is 0 Å². The van der Waals surface area contributed by atoms with Crippen LogP contribution in [0.2, 0.25) is 0 Å². The summed E-state index contributed by atoms with van der Waals surface area (Å²) in [5, 5.41) is 4.18. The lowest BCUT2D eigenvalue weighted by Crippen LogP contribution is -2.33. The first kappa shape index (κ1) is 14.7. The fraction of sp³-hybridized carbons (Fsp3) is 0.692. The van der Waals surface area contributed by atoms with Gasteiger partial charge in [-0.25, -0.2) is 0 Å². The molecule has 0 amide bonds. The van der Waals surface area contributed by atoms with Crippen molar-refractivity contribution in [2.45, 2.75) is 46.3 Å². The van der Waals surface area contributed by atoms with Gasteiger partial charge in [0.15, 0.2) is 0 Å². The van der Waals surface area contributed by atoms with Crippen LogP contribution in [-0.2, 0) is 22.5 Å². The number of aromatic nitrogens is 2. The summed E-state index contributed by atoms with van der Waals surface area (Å²) in [6.07, 6.45) is 4.29. The zero-order chi connectivity index (χ0) is 13.8. The van der Waals surface area contributed by atoms with Gasteiger partial charge in [-0.1, -0.05) is 0 Å². The lowest BCUT2D eigenvalue weighted by molar-refractivity contribution is -0.159. The lowest BCUT2D eigenvalue weighted by atomic mass is 10.0. The molecule has 0 spiro atoms. The number of ether oxygens (including phenoxy) is 1. The lowest BCUT2D eigenvalue weighted by Gasteiger charge is -2.23. The third-order valence-corrected chi connectivity index (χ3v) is 2.52. The van der Waals surface area contributed by atoms with E-state index >= 15 is 0 Å². The van der Waals surface area contributed by atoms with Gasteiger partial charge in [0.05, 0.1) is 12.1 Å². The van der Waals surface area contributed by atoms with E-state index in [1.54, 1.807) is 6.20 Å². The van der Waals surface area contributed by atoms with Gasteiger partial charge in [0.1, 0.15) is 5.60 Å². The summed E-state index contributed by atoms with van der Waals surface area (Å²) in [6, 6.07) is 0. The zero-order valence-corrected chi connectivity index (χ0v) is 11.6. The summed E-state index contributed by atoms with van der Waals surface area (Å²) in [5.41, 5.74) is 6.19. The van der Waals surface area contributed by atoms with Gasteiger partial charge in [0, 0.05) is 19.3 Å². The average molecular weight is 253 g/mol. The van der Waals surface area contributed by atoms with Gasteiger partial charge >= 0.3 is 5.97 Å². The highest BCUT2D eigenvalue weighted by atomic mass is 16.6. The Morgan fingerprint density at radius 3 is 2.67 bits per heavy atom. The van der Waals surface area contributed by atoms with Gasteiger partial charge in [0.25, 0.3) is 0 Å². The number of hydrogen-bond donors (Lipinski definition) is 1. The third kappa shape index (κ3) is 4.49. The number of rotatable bonds is 5. The fourth-order valence-corrected chi connectivity index (χ4v) is 1.62. The van der Waals surface area contributed by atoms with Crippen molar-refractivity contribution in [3.63, 3.8) is 0 Å². The van der Waals surface area contributed by atoms with E-state index in [1.807, 2.05) is 38.6 Å². The van der Waals surface area contributed by atoms with E-state index in [4.69, 9.17) is 10.5 Å². The number of aryl methyl sites for hydroxylation is 1. The Balaban J connectivity index is 2.64. The molecule has 0 saturated carbocycles. The second kappa shape index (κ2) is 6.00. The van der Waals surface area contributed by atoms with E-state index in [2.05, 4.69) is 5.10 Å². The molecule has 0 aliphatic rings. The minimum atomic E-state index is -0.474. The van der Waals surface area contributed by atoms with Gasteiger partial charge in [-0.05, 0) is 39.7 Å². The molecule has 5 heteroatoms. The highest BCUT2D eigenvalue weighted by Gasteiger charge is 2.24. The number of esters is 1. The maximum Gasteiger partial charge on any atom is 0.311 e. The second-order valence-corrected chi connectivity index (χ2v) is 5.37. The van der Waals surface area contributed by atoms with Crippen LogP contribution in [0.1, 0.15) is 33.3 Å². The Morgan fingerprint density at radius 2 is 2.22 bits per heavy atom. The first-order valence-corrected chi connectivity index (χ1v) is 6.30. The molecule has 1 aromatic rings. The number of carbonyl (C=O) groups excluding carboxylic acids is 1. The van der Waals surface area contributed by atoms with Crippen LogP contribution < -0.4 is 5.73 Å². The Labute approximate surface area is 108 Å². The summed E-state index contributed by atoms with van der Waals surface area (Å²) in [4.78, 5) is 11.9. The van der Waals surface area contributed by atoms with E-state index in [0.29, 0.717) is 6.42 Å². The van der Waals surface area contributed by atoms with E-state index < -0.39 is 5.60 Å². The average Bonchev–Trinajstić information content (AvgIpc) is 2.71. The first-order chi connectivity index (χ1) is 8.35. The van der Waals surface area contributed by atoms with Crippen molar-refractivity contribution in [1.82, 2.24) is 9.78 Å². The summed E-state index contributed by atoms with van der Waals surface area (Å²) in [7, 11) is 0. The van der Waals surface area contributed by atoms with Crippen LogP contribution in [0.5, 0.6) is 0 Å². The molecule has 0 saturated heterocycles. The monoisotopic (exact) mass is 253 g/mol. The smallest absolute Gasteiger partial charge is 0.311 e. The molecule has 1 aromatic heterocycles. The molecular formula is C13H23N3O2. The minimum absolute atomic E-state index is 0.241. The van der Waals surface area contributed by atoms with Crippen LogP contribution in [0.25, 0.3) is 0 Å². The summed E-state index contributed by atoms with van der Waals surface area (Å²) < 4.78 is 7.18. The maximum atomic E-state index is 11.9. The maximum absolute atomic E-state index is 11.9. The topological polar surface area (TPSA) is 70.1 Å². The van der Waals surface area contributed by atoms with Gasteiger partial charge in [-0.3, -0.25) is 9.48 Å². The van der Waals surface area contributed by atoms with Crippen LogP contribution >= 0.6 is 0 Å². The largest absolute Gasteiger partial charge is 0.460 e. The Bertz CT molecular complexity index is 393. The Morgan fingerprint density at radius 1 is 1.56 bits per heavy atom. The van der Waals surface area contributed by atoms with E-state index in [-0.39, 0.29) is 18.4 Å². The van der Waals surface area contributed by atoms with Gasteiger partial charge < -0.3 is 10.5 Å². The molecule has 0 bridgehead atoms. The van der Waals surface area contributed by atoms with Crippen molar-refractivity contribution in [2.24, 2.45) is 11.7 Å². The molecule has 0 aromatic carbocycles. The van der Waals surface area contributed by atoms with Crippen molar-refractivity contribution < 1.29 is 9.53 Å². The highest BCUT2D eigenvalue weighted by molar-refractivity contribution is 5.73. The number of nitrogens with zero attached hydrogens (tertiary/aromatic N) is 2. The van der Waals surface area contributed by atoms with Crippen LogP contribution in [-0.4, -0.2) is 27.9 Å². The molecule has 18 heavy (non-hydrogen) atoms. The zero-order valence-electron chi connectivity index (χ0n) is 11.6. The first-order valence-electron chi connectivity index (χ1n) is 6.30. The highest BCUT2D eigenvalue weighted by Crippen LogP contribution is 2.14. The van der Waals surface area contributed by atoms with Crippen LogP contribution in [0.15, 0.2) is 12.4 Å². The minimum Gasteiger partial charge on any atom is -0.460 e. The molecule has 2 N–H and O–H groups in total. The normalized spacial score (nSPS) is 13.4. The summed E-state index contributed by atoms with van der Waals surface area (Å²) in [5.74, 6) is -0.548. The Kier molecular flexibility index (Phi) is 4.90. The molecule has 0 aliphatic carbocycles. The van der Waals surface area contributed by atoms with Crippen molar-refractivity contribution in [2.75, 3.05) is 6.54 Å². The molecule has 1 heterocycles. The SMILES string of the molecule is CCn1cc(CC(CN)C(=O)OC(C)(C)C)cn1. The fourth-order valence-electron chi connectivity index (χ4n) is 1.62. The van der Waals surface area contributed by atoms with E-state index in [0.717, 1.165) is 12.1 Å². The van der Waals surface area contributed by atoms with Crippen LogP contribution in [0.3, 0.4) is 0 Å². The van der Waals surface area contributed by atoms with Crippen molar-refractivity contribution >= 4 is 5.97 Å². The van der Waals surface area contributed by atoms with Gasteiger partial charge in [0.2, 0.25) is 0 Å². The van der Waals surface area contributed by atoms with Gasteiger partial charge in [-0.2, -0.15) is 5.10 Å². The molecule has 1 rings (SSSR count). The Hall–Kier alpha value is -1.36. The number of carbonyl (C=O) groups is 1. The number of nitrogens with two attached hydrogens (primary N) is 1. The molecule has 5 nitrogen and oxygen atoms in total. The molecule has 1 atom stereocenters. The standard InChI is InChI=1S/C13H23N3O2/c1-5-16-9-10(8-15-16)6-11(7-14)12(17)18-13(2,3)4/h8-9,11H,5-7,14H2,1-4H3. The number of hydrogen-bond acceptors (Lipinski definition) is 4. The van der Waals surface area contributed by atoms with E-state index in [9.17, 15) is 4.79 Å². The summed E-state index contributed by atoms with van der Waals surface area (Å²) in [6.45, 7) is 8.69. The predicted molar refractivity (Wildman–Crippen MR) is 70.0 cm³/mol. The van der Waals surface area contributed by atoms with E-state index in [1.165, 1.54) is 0 Å². The molecular weight excluding hydrogens is 230 g/mol.